The van der Waals surface area contributed by atoms with Gasteiger partial charge in [0.25, 0.3) is 5.91 Å². The fourth-order valence-electron chi connectivity index (χ4n) is 1.94. The summed E-state index contributed by atoms with van der Waals surface area (Å²) < 4.78 is 1.78. The molecule has 19 heavy (non-hydrogen) atoms. The molecule has 0 spiro atoms. The third-order valence-electron chi connectivity index (χ3n) is 2.74. The van der Waals surface area contributed by atoms with E-state index in [1.807, 2.05) is 37.9 Å². The molecule has 0 bridgehead atoms. The third kappa shape index (κ3) is 3.40. The van der Waals surface area contributed by atoms with Crippen LogP contribution in [0.1, 0.15) is 20.8 Å². The van der Waals surface area contributed by atoms with Crippen LogP contribution in [0.5, 0.6) is 0 Å². The van der Waals surface area contributed by atoms with Crippen LogP contribution in [-0.2, 0) is 20.1 Å². The molecular weight excluding hydrogens is 262 g/mol. The first-order valence-corrected chi connectivity index (χ1v) is 6.71. The van der Waals surface area contributed by atoms with Gasteiger partial charge >= 0.3 is 0 Å². The Balaban J connectivity index is 2.01. The first-order chi connectivity index (χ1) is 9.10. The van der Waals surface area contributed by atoms with E-state index in [9.17, 15) is 4.79 Å². The maximum Gasteiger partial charge on any atom is 0.275 e. The Labute approximate surface area is 115 Å². The summed E-state index contributed by atoms with van der Waals surface area (Å²) in [5, 5.41) is 6.04. The monoisotopic (exact) mass is 279 g/mol. The van der Waals surface area contributed by atoms with Crippen LogP contribution in [0.25, 0.3) is 0 Å². The Bertz CT molecular complexity index is 562. The number of nitrogens with two attached hydrogens (primary N) is 1. The van der Waals surface area contributed by atoms with Crippen molar-refractivity contribution in [2.75, 3.05) is 7.05 Å². The van der Waals surface area contributed by atoms with Crippen LogP contribution in [0.3, 0.4) is 0 Å². The SMILES string of the molecule is CN(Cc1cnn(C)c1)Cc1ccsc1C(=O)NN. The molecule has 3 N–H and O–H groups in total. The summed E-state index contributed by atoms with van der Waals surface area (Å²) in [4.78, 5) is 14.4. The average Bonchev–Trinajstić information content (AvgIpc) is 2.97. The number of aryl methyl sites for hydroxylation is 1. The van der Waals surface area contributed by atoms with Crippen LogP contribution in [0.15, 0.2) is 23.8 Å². The van der Waals surface area contributed by atoms with E-state index in [0.29, 0.717) is 11.4 Å². The molecule has 7 heteroatoms. The molecule has 0 aliphatic carbocycles. The van der Waals surface area contributed by atoms with Gasteiger partial charge in [-0.1, -0.05) is 0 Å². The Morgan fingerprint density at radius 3 is 3.00 bits per heavy atom. The fraction of sp³-hybridized carbons (Fsp3) is 0.333. The number of rotatable bonds is 5. The molecule has 1 amide bonds. The topological polar surface area (TPSA) is 76.2 Å². The smallest absolute Gasteiger partial charge is 0.275 e. The van der Waals surface area contributed by atoms with Gasteiger partial charge in [0, 0.05) is 31.9 Å². The molecule has 0 fully saturated rings. The quantitative estimate of drug-likeness (QED) is 0.480. The summed E-state index contributed by atoms with van der Waals surface area (Å²) in [5.74, 6) is 4.94. The molecule has 2 aromatic heterocycles. The predicted octanol–water partition coefficient (Wildman–Crippen LogP) is 0.717. The number of carbonyl (C=O) groups is 1. The average molecular weight is 279 g/mol. The van der Waals surface area contributed by atoms with Gasteiger partial charge in [0.2, 0.25) is 0 Å². The van der Waals surface area contributed by atoms with Crippen molar-refractivity contribution in [1.82, 2.24) is 20.1 Å². The Morgan fingerprint density at radius 1 is 1.58 bits per heavy atom. The van der Waals surface area contributed by atoms with Crippen molar-refractivity contribution < 1.29 is 4.79 Å². The molecule has 0 aliphatic rings. The molecule has 0 aromatic carbocycles. The summed E-state index contributed by atoms with van der Waals surface area (Å²) in [6.07, 6.45) is 3.83. The van der Waals surface area contributed by atoms with Gasteiger partial charge in [0.1, 0.15) is 0 Å². The molecular formula is C12H17N5OS. The molecule has 0 saturated heterocycles. The second kappa shape index (κ2) is 5.96. The zero-order valence-corrected chi connectivity index (χ0v) is 11.8. The summed E-state index contributed by atoms with van der Waals surface area (Å²) in [6.45, 7) is 1.48. The van der Waals surface area contributed by atoms with Crippen LogP contribution in [0, 0.1) is 0 Å². The first-order valence-electron chi connectivity index (χ1n) is 5.83. The fourth-order valence-corrected chi connectivity index (χ4v) is 2.76. The van der Waals surface area contributed by atoms with Gasteiger partial charge in [-0.15, -0.1) is 11.3 Å². The van der Waals surface area contributed by atoms with Crippen molar-refractivity contribution >= 4 is 17.2 Å². The van der Waals surface area contributed by atoms with Crippen LogP contribution in [-0.4, -0.2) is 27.6 Å². The Kier molecular flexibility index (Phi) is 4.31. The number of thiophene rings is 1. The second-order valence-corrected chi connectivity index (χ2v) is 5.36. The summed E-state index contributed by atoms with van der Waals surface area (Å²) in [7, 11) is 3.90. The van der Waals surface area contributed by atoms with Crippen molar-refractivity contribution in [1.29, 1.82) is 0 Å². The van der Waals surface area contributed by atoms with E-state index in [4.69, 9.17) is 5.84 Å². The summed E-state index contributed by atoms with van der Waals surface area (Å²) in [6, 6.07) is 1.95. The molecule has 6 nitrogen and oxygen atoms in total. The first kappa shape index (κ1) is 13.7. The highest BCUT2D eigenvalue weighted by Gasteiger charge is 2.13. The molecule has 102 valence electrons. The van der Waals surface area contributed by atoms with Gasteiger partial charge in [0.05, 0.1) is 11.1 Å². The minimum atomic E-state index is -0.236. The largest absolute Gasteiger partial charge is 0.298 e. The molecule has 2 rings (SSSR count). The van der Waals surface area contributed by atoms with Gasteiger partial charge < -0.3 is 0 Å². The van der Waals surface area contributed by atoms with Crippen LogP contribution in [0.2, 0.25) is 0 Å². The zero-order chi connectivity index (χ0) is 13.8. The molecule has 0 radical (unpaired) electrons. The highest BCUT2D eigenvalue weighted by Crippen LogP contribution is 2.18. The van der Waals surface area contributed by atoms with Crippen LogP contribution in [0.4, 0.5) is 0 Å². The highest BCUT2D eigenvalue weighted by molar-refractivity contribution is 7.12. The van der Waals surface area contributed by atoms with Gasteiger partial charge in [-0.2, -0.15) is 5.10 Å². The van der Waals surface area contributed by atoms with E-state index in [1.165, 1.54) is 11.3 Å². The highest BCUT2D eigenvalue weighted by atomic mass is 32.1. The number of hydrogen-bond donors (Lipinski definition) is 2. The summed E-state index contributed by atoms with van der Waals surface area (Å²) >= 11 is 1.40. The van der Waals surface area contributed by atoms with E-state index < -0.39 is 0 Å². The molecule has 2 aromatic rings. The number of carbonyl (C=O) groups excluding carboxylic acids is 1. The van der Waals surface area contributed by atoms with Crippen molar-refractivity contribution in [2.45, 2.75) is 13.1 Å². The Morgan fingerprint density at radius 2 is 2.37 bits per heavy atom. The van der Waals surface area contributed by atoms with Crippen molar-refractivity contribution in [2.24, 2.45) is 12.9 Å². The summed E-state index contributed by atoms with van der Waals surface area (Å²) in [5.41, 5.74) is 4.30. The van der Waals surface area contributed by atoms with E-state index >= 15 is 0 Å². The standard InChI is InChI=1S/C12H17N5OS/c1-16(6-9-5-14-17(2)7-9)8-10-3-4-19-11(10)12(18)15-13/h3-5,7H,6,8,13H2,1-2H3,(H,15,18). The number of aromatic nitrogens is 2. The van der Waals surface area contributed by atoms with Gasteiger partial charge in [-0.25, -0.2) is 5.84 Å². The number of nitrogen functional groups attached to an aromatic ring is 1. The number of nitrogens with one attached hydrogen (secondary N) is 1. The van der Waals surface area contributed by atoms with Gasteiger partial charge in [0.15, 0.2) is 0 Å². The zero-order valence-electron chi connectivity index (χ0n) is 11.0. The lowest BCUT2D eigenvalue weighted by atomic mass is 10.2. The number of nitrogens with zero attached hydrogens (tertiary/aromatic N) is 3. The van der Waals surface area contributed by atoms with Crippen molar-refractivity contribution in [3.63, 3.8) is 0 Å². The van der Waals surface area contributed by atoms with Crippen LogP contribution < -0.4 is 11.3 Å². The van der Waals surface area contributed by atoms with Gasteiger partial charge in [-0.05, 0) is 24.1 Å². The third-order valence-corrected chi connectivity index (χ3v) is 3.69. The molecule has 0 aliphatic heterocycles. The molecule has 2 heterocycles. The minimum absolute atomic E-state index is 0.236. The van der Waals surface area contributed by atoms with Crippen molar-refractivity contribution in [3.05, 3.63) is 39.8 Å². The lowest BCUT2D eigenvalue weighted by molar-refractivity contribution is 0.0956. The van der Waals surface area contributed by atoms with E-state index in [2.05, 4.69) is 15.4 Å². The van der Waals surface area contributed by atoms with E-state index in [-0.39, 0.29) is 5.91 Å². The lowest BCUT2D eigenvalue weighted by Crippen LogP contribution is -2.30. The molecule has 0 saturated carbocycles. The second-order valence-electron chi connectivity index (χ2n) is 4.44. The van der Waals surface area contributed by atoms with Gasteiger partial charge in [-0.3, -0.25) is 19.8 Å². The van der Waals surface area contributed by atoms with E-state index in [1.54, 1.807) is 4.68 Å². The Hall–Kier alpha value is -1.70. The normalized spacial score (nSPS) is 10.9. The minimum Gasteiger partial charge on any atom is -0.298 e. The molecule has 0 unspecified atom stereocenters. The lowest BCUT2D eigenvalue weighted by Gasteiger charge is -2.15. The predicted molar refractivity (Wildman–Crippen MR) is 74.4 cm³/mol. The van der Waals surface area contributed by atoms with Crippen molar-refractivity contribution in [3.8, 4) is 0 Å². The number of hydrazine groups is 1. The van der Waals surface area contributed by atoms with Crippen LogP contribution >= 0.6 is 11.3 Å². The maximum absolute atomic E-state index is 11.6. The molecule has 0 atom stereocenters. The van der Waals surface area contributed by atoms with E-state index in [0.717, 1.165) is 17.7 Å². The number of amides is 1. The maximum atomic E-state index is 11.6. The number of hydrogen-bond acceptors (Lipinski definition) is 5.